The standard InChI is InChI=1S/C28H35N5O6/c1-19(2)31-16-21(34)17-39-26-11-9-23(15-25(26)29-3)37-14-4-13-30-28(36)18-38-22-7-5-20(6-8-22)24-10-12-27(35)33-32-24/h5-9,11,15,19,21,31,34H,4,10,12-14,16-18H2,1-2H3,(H,30,36)(H,33,35)/t21-/m0/s1. The molecule has 0 fully saturated rings. The zero-order valence-electron chi connectivity index (χ0n) is 22.2. The van der Waals surface area contributed by atoms with Gasteiger partial charge in [-0.3, -0.25) is 9.59 Å². The van der Waals surface area contributed by atoms with Crippen molar-refractivity contribution in [3.05, 3.63) is 59.4 Å². The van der Waals surface area contributed by atoms with Crippen LogP contribution in [0.15, 0.2) is 47.6 Å². The zero-order chi connectivity index (χ0) is 28.0. The van der Waals surface area contributed by atoms with Gasteiger partial charge in [0.25, 0.3) is 5.91 Å². The van der Waals surface area contributed by atoms with E-state index in [1.54, 1.807) is 30.3 Å². The Hall–Kier alpha value is -4.14. The highest BCUT2D eigenvalue weighted by atomic mass is 16.5. The molecule has 208 valence electrons. The SMILES string of the molecule is [C-]#[N+]c1cc(OCCCNC(=O)COc2ccc(C3=NNC(=O)CC3)cc2)ccc1OC[C@@H](O)CNC(C)C. The second-order valence-electron chi connectivity index (χ2n) is 9.23. The van der Waals surface area contributed by atoms with Crippen LogP contribution in [0.2, 0.25) is 0 Å². The highest BCUT2D eigenvalue weighted by molar-refractivity contribution is 6.04. The van der Waals surface area contributed by atoms with E-state index >= 15 is 0 Å². The molecule has 39 heavy (non-hydrogen) atoms. The first kappa shape index (κ1) is 29.4. The first-order chi connectivity index (χ1) is 18.8. The summed E-state index contributed by atoms with van der Waals surface area (Å²) in [4.78, 5) is 26.8. The molecule has 0 bridgehead atoms. The molecule has 0 unspecified atom stereocenters. The number of ether oxygens (including phenoxy) is 3. The van der Waals surface area contributed by atoms with Gasteiger partial charge in [0, 0.05) is 32.0 Å². The van der Waals surface area contributed by atoms with Crippen molar-refractivity contribution in [2.24, 2.45) is 5.10 Å². The van der Waals surface area contributed by atoms with Gasteiger partial charge in [-0.2, -0.15) is 5.10 Å². The van der Waals surface area contributed by atoms with Gasteiger partial charge in [-0.25, -0.2) is 10.3 Å². The Morgan fingerprint density at radius 1 is 1.13 bits per heavy atom. The summed E-state index contributed by atoms with van der Waals surface area (Å²) in [5.41, 5.74) is 4.47. The molecule has 1 aliphatic rings. The van der Waals surface area contributed by atoms with Crippen molar-refractivity contribution in [1.82, 2.24) is 16.1 Å². The number of aliphatic hydroxyl groups is 1. The van der Waals surface area contributed by atoms with Gasteiger partial charge in [0.05, 0.1) is 18.9 Å². The van der Waals surface area contributed by atoms with Crippen LogP contribution >= 0.6 is 0 Å². The maximum Gasteiger partial charge on any atom is 0.257 e. The second kappa shape index (κ2) is 15.3. The molecule has 1 aliphatic heterocycles. The molecule has 0 radical (unpaired) electrons. The molecular weight excluding hydrogens is 502 g/mol. The fourth-order valence-corrected chi connectivity index (χ4v) is 3.53. The van der Waals surface area contributed by atoms with Gasteiger partial charge in [-0.1, -0.05) is 13.8 Å². The Labute approximate surface area is 228 Å². The Balaban J connectivity index is 1.32. The van der Waals surface area contributed by atoms with Crippen LogP contribution in [0.4, 0.5) is 5.69 Å². The molecule has 2 amide bonds. The first-order valence-electron chi connectivity index (χ1n) is 12.9. The molecule has 0 aliphatic carbocycles. The van der Waals surface area contributed by atoms with Gasteiger partial charge in [0.15, 0.2) is 6.61 Å². The van der Waals surface area contributed by atoms with E-state index in [2.05, 4.69) is 26.0 Å². The van der Waals surface area contributed by atoms with E-state index in [9.17, 15) is 14.7 Å². The third-order valence-electron chi connectivity index (χ3n) is 5.62. The number of benzene rings is 2. The van der Waals surface area contributed by atoms with E-state index in [1.165, 1.54) is 0 Å². The molecule has 0 aromatic heterocycles. The van der Waals surface area contributed by atoms with E-state index in [-0.39, 0.29) is 31.1 Å². The summed E-state index contributed by atoms with van der Waals surface area (Å²) in [6.45, 7) is 12.5. The number of hydrogen-bond acceptors (Lipinski definition) is 8. The van der Waals surface area contributed by atoms with Crippen molar-refractivity contribution < 1.29 is 28.9 Å². The van der Waals surface area contributed by atoms with E-state index in [4.69, 9.17) is 20.8 Å². The summed E-state index contributed by atoms with van der Waals surface area (Å²) >= 11 is 0. The number of carbonyl (C=O) groups excluding carboxylic acids is 2. The third-order valence-corrected chi connectivity index (χ3v) is 5.62. The molecule has 2 aromatic rings. The maximum absolute atomic E-state index is 12.1. The molecule has 11 heteroatoms. The van der Waals surface area contributed by atoms with Crippen molar-refractivity contribution in [3.8, 4) is 17.2 Å². The van der Waals surface area contributed by atoms with Crippen LogP contribution in [-0.4, -0.2) is 67.7 Å². The van der Waals surface area contributed by atoms with Crippen LogP contribution in [0.1, 0.15) is 38.7 Å². The van der Waals surface area contributed by atoms with E-state index in [1.807, 2.05) is 26.0 Å². The monoisotopic (exact) mass is 537 g/mol. The first-order valence-corrected chi connectivity index (χ1v) is 12.9. The number of nitrogens with one attached hydrogen (secondary N) is 3. The van der Waals surface area contributed by atoms with Crippen LogP contribution < -0.4 is 30.3 Å². The van der Waals surface area contributed by atoms with Crippen LogP contribution in [0.3, 0.4) is 0 Å². The van der Waals surface area contributed by atoms with Crippen LogP contribution in [0.5, 0.6) is 17.2 Å². The highest BCUT2D eigenvalue weighted by Gasteiger charge is 2.13. The fraction of sp³-hybridized carbons (Fsp3) is 0.429. The summed E-state index contributed by atoms with van der Waals surface area (Å²) in [6, 6.07) is 12.4. The Morgan fingerprint density at radius 3 is 2.59 bits per heavy atom. The molecule has 3 rings (SSSR count). The zero-order valence-corrected chi connectivity index (χ0v) is 22.2. The smallest absolute Gasteiger partial charge is 0.257 e. The molecule has 0 saturated heterocycles. The van der Waals surface area contributed by atoms with Gasteiger partial charge >= 0.3 is 0 Å². The topological polar surface area (TPSA) is 135 Å². The van der Waals surface area contributed by atoms with Crippen molar-refractivity contribution in [3.63, 3.8) is 0 Å². The van der Waals surface area contributed by atoms with Crippen molar-refractivity contribution in [2.45, 2.75) is 45.3 Å². The van der Waals surface area contributed by atoms with Gasteiger partial charge in [0.1, 0.15) is 30.0 Å². The van der Waals surface area contributed by atoms with Crippen LogP contribution in [0, 0.1) is 6.57 Å². The average molecular weight is 538 g/mol. The lowest BCUT2D eigenvalue weighted by molar-refractivity contribution is -0.123. The summed E-state index contributed by atoms with van der Waals surface area (Å²) in [7, 11) is 0. The number of amides is 2. The molecule has 1 atom stereocenters. The highest BCUT2D eigenvalue weighted by Crippen LogP contribution is 2.32. The van der Waals surface area contributed by atoms with Gasteiger partial charge in [-0.05, 0) is 54.4 Å². The lowest BCUT2D eigenvalue weighted by Crippen LogP contribution is -2.35. The number of aliphatic hydroxyl groups excluding tert-OH is 1. The normalized spacial score (nSPS) is 13.6. The molecule has 11 nitrogen and oxygen atoms in total. The van der Waals surface area contributed by atoms with Crippen LogP contribution in [-0.2, 0) is 9.59 Å². The molecular formula is C28H35N5O6. The second-order valence-corrected chi connectivity index (χ2v) is 9.23. The number of rotatable bonds is 15. The third kappa shape index (κ3) is 10.3. The van der Waals surface area contributed by atoms with E-state index in [0.29, 0.717) is 61.9 Å². The number of nitrogens with zero attached hydrogens (tertiary/aromatic N) is 2. The average Bonchev–Trinajstić information content (AvgIpc) is 2.94. The van der Waals surface area contributed by atoms with E-state index < -0.39 is 6.10 Å². The predicted molar refractivity (Wildman–Crippen MR) is 146 cm³/mol. The molecule has 0 saturated carbocycles. The molecule has 2 aromatic carbocycles. The minimum Gasteiger partial charge on any atom is -0.502 e. The lowest BCUT2D eigenvalue weighted by Gasteiger charge is -2.16. The van der Waals surface area contributed by atoms with Crippen LogP contribution in [0.25, 0.3) is 4.85 Å². The summed E-state index contributed by atoms with van der Waals surface area (Å²) in [5.74, 6) is 1.13. The van der Waals surface area contributed by atoms with Gasteiger partial charge < -0.3 is 30.0 Å². The molecule has 4 N–H and O–H groups in total. The van der Waals surface area contributed by atoms with Crippen molar-refractivity contribution in [1.29, 1.82) is 0 Å². The summed E-state index contributed by atoms with van der Waals surface area (Å²) in [5, 5.41) is 20.0. The van der Waals surface area contributed by atoms with Crippen molar-refractivity contribution in [2.75, 3.05) is 32.9 Å². The number of hydrazone groups is 1. The minimum atomic E-state index is -0.684. The predicted octanol–water partition coefficient (Wildman–Crippen LogP) is 2.55. The summed E-state index contributed by atoms with van der Waals surface area (Å²) in [6.07, 6.45) is 0.880. The Bertz CT molecular complexity index is 1180. The molecule has 0 spiro atoms. The largest absolute Gasteiger partial charge is 0.502 e. The number of hydrogen-bond donors (Lipinski definition) is 4. The van der Waals surface area contributed by atoms with Crippen molar-refractivity contribution >= 4 is 23.2 Å². The minimum absolute atomic E-state index is 0.0772. The van der Waals surface area contributed by atoms with Gasteiger partial charge in [-0.15, -0.1) is 0 Å². The summed E-state index contributed by atoms with van der Waals surface area (Å²) < 4.78 is 16.8. The maximum atomic E-state index is 12.1. The lowest BCUT2D eigenvalue weighted by atomic mass is 10.0. The Morgan fingerprint density at radius 2 is 1.90 bits per heavy atom. The fourth-order valence-electron chi connectivity index (χ4n) is 3.53. The van der Waals surface area contributed by atoms with Gasteiger partial charge in [0.2, 0.25) is 11.6 Å². The number of carbonyl (C=O) groups is 2. The Kier molecular flexibility index (Phi) is 11.6. The molecule has 1 heterocycles. The van der Waals surface area contributed by atoms with E-state index in [0.717, 1.165) is 11.3 Å². The quantitative estimate of drug-likeness (QED) is 0.203.